The standard InChI is InChI=1S/C17H26N2OS/c1-11-6-7-13-14(10-21-16(13)9-11)17(20)19-8-4-3-5-15(19)12(2)18/h10-12,15H,3-9,18H2,1-2H3. The first-order chi connectivity index (χ1) is 10.1. The van der Waals surface area contributed by atoms with Gasteiger partial charge in [-0.2, -0.15) is 0 Å². The van der Waals surface area contributed by atoms with Crippen LogP contribution in [0.2, 0.25) is 0 Å². The van der Waals surface area contributed by atoms with Gasteiger partial charge in [-0.1, -0.05) is 6.92 Å². The van der Waals surface area contributed by atoms with Crippen LogP contribution in [0.25, 0.3) is 0 Å². The van der Waals surface area contributed by atoms with Crippen molar-refractivity contribution < 1.29 is 4.79 Å². The summed E-state index contributed by atoms with van der Waals surface area (Å²) in [6.45, 7) is 5.20. The summed E-state index contributed by atoms with van der Waals surface area (Å²) >= 11 is 1.78. The van der Waals surface area contributed by atoms with Gasteiger partial charge in [0.15, 0.2) is 0 Å². The molecule has 4 heteroatoms. The molecule has 1 aromatic heterocycles. The second-order valence-electron chi connectivity index (χ2n) is 6.82. The highest BCUT2D eigenvalue weighted by atomic mass is 32.1. The Morgan fingerprint density at radius 2 is 2.24 bits per heavy atom. The second kappa shape index (κ2) is 6.09. The summed E-state index contributed by atoms with van der Waals surface area (Å²) in [5.74, 6) is 0.981. The molecule has 1 aliphatic heterocycles. The smallest absolute Gasteiger partial charge is 0.255 e. The Morgan fingerprint density at radius 1 is 1.43 bits per heavy atom. The molecule has 0 bridgehead atoms. The van der Waals surface area contributed by atoms with Crippen molar-refractivity contribution in [1.82, 2.24) is 4.90 Å². The van der Waals surface area contributed by atoms with E-state index in [0.717, 1.165) is 43.7 Å². The summed E-state index contributed by atoms with van der Waals surface area (Å²) in [6, 6.07) is 0.271. The Bertz CT molecular complexity index is 523. The quantitative estimate of drug-likeness (QED) is 0.912. The molecule has 2 aliphatic rings. The molecule has 1 saturated heterocycles. The number of nitrogens with zero attached hydrogens (tertiary/aromatic N) is 1. The molecule has 1 aromatic rings. The number of rotatable bonds is 2. The Labute approximate surface area is 131 Å². The van der Waals surface area contributed by atoms with Crippen molar-refractivity contribution in [2.45, 2.75) is 64.5 Å². The number of likely N-dealkylation sites (tertiary alicyclic amines) is 1. The van der Waals surface area contributed by atoms with E-state index in [1.165, 1.54) is 23.3 Å². The normalized spacial score (nSPS) is 27.3. The summed E-state index contributed by atoms with van der Waals surface area (Å²) in [5.41, 5.74) is 8.41. The Kier molecular flexibility index (Phi) is 4.36. The van der Waals surface area contributed by atoms with Crippen LogP contribution >= 0.6 is 11.3 Å². The van der Waals surface area contributed by atoms with Gasteiger partial charge in [-0.05, 0) is 56.9 Å². The molecule has 116 valence electrons. The second-order valence-corrected chi connectivity index (χ2v) is 7.78. The number of carbonyl (C=O) groups excluding carboxylic acids is 1. The molecule has 2 heterocycles. The Hall–Kier alpha value is -0.870. The summed E-state index contributed by atoms with van der Waals surface area (Å²) in [6.07, 6.45) is 6.77. The summed E-state index contributed by atoms with van der Waals surface area (Å²) in [4.78, 5) is 16.5. The number of amides is 1. The van der Waals surface area contributed by atoms with Gasteiger partial charge in [0.2, 0.25) is 0 Å². The fourth-order valence-corrected chi connectivity index (χ4v) is 5.01. The van der Waals surface area contributed by atoms with Crippen molar-refractivity contribution in [3.8, 4) is 0 Å². The van der Waals surface area contributed by atoms with E-state index < -0.39 is 0 Å². The molecule has 1 amide bonds. The number of carbonyl (C=O) groups is 1. The number of fused-ring (bicyclic) bond motifs is 1. The maximum absolute atomic E-state index is 13.0. The minimum absolute atomic E-state index is 0.0590. The van der Waals surface area contributed by atoms with Gasteiger partial charge in [0, 0.05) is 28.9 Å². The summed E-state index contributed by atoms with van der Waals surface area (Å²) < 4.78 is 0. The first kappa shape index (κ1) is 15.0. The number of piperidine rings is 1. The van der Waals surface area contributed by atoms with Crippen LogP contribution < -0.4 is 5.73 Å². The first-order valence-corrected chi connectivity index (χ1v) is 9.11. The molecule has 2 N–H and O–H groups in total. The van der Waals surface area contributed by atoms with Crippen LogP contribution in [-0.2, 0) is 12.8 Å². The summed E-state index contributed by atoms with van der Waals surface area (Å²) in [5, 5.41) is 2.10. The number of thiophene rings is 1. The molecule has 0 spiro atoms. The zero-order valence-corrected chi connectivity index (χ0v) is 13.9. The molecule has 0 saturated carbocycles. The van der Waals surface area contributed by atoms with E-state index in [2.05, 4.69) is 17.2 Å². The SMILES string of the molecule is CC1CCc2c(C(=O)N3CCCCC3C(C)N)csc2C1. The number of hydrogen-bond acceptors (Lipinski definition) is 3. The van der Waals surface area contributed by atoms with Crippen LogP contribution in [0.15, 0.2) is 5.38 Å². The van der Waals surface area contributed by atoms with Crippen LogP contribution in [0.5, 0.6) is 0 Å². The minimum Gasteiger partial charge on any atom is -0.334 e. The predicted molar refractivity (Wildman–Crippen MR) is 87.8 cm³/mol. The highest BCUT2D eigenvalue weighted by Gasteiger charge is 2.32. The first-order valence-electron chi connectivity index (χ1n) is 8.23. The molecule has 1 aliphatic carbocycles. The maximum Gasteiger partial charge on any atom is 0.255 e. The van der Waals surface area contributed by atoms with Crippen LogP contribution in [0.1, 0.15) is 60.3 Å². The lowest BCUT2D eigenvalue weighted by Gasteiger charge is -2.38. The third-order valence-electron chi connectivity index (χ3n) is 5.05. The largest absolute Gasteiger partial charge is 0.334 e. The van der Waals surface area contributed by atoms with Crippen molar-refractivity contribution in [2.24, 2.45) is 11.7 Å². The molecule has 3 rings (SSSR count). The maximum atomic E-state index is 13.0. The number of hydrogen-bond donors (Lipinski definition) is 1. The van der Waals surface area contributed by atoms with Gasteiger partial charge >= 0.3 is 0 Å². The summed E-state index contributed by atoms with van der Waals surface area (Å²) in [7, 11) is 0. The van der Waals surface area contributed by atoms with Gasteiger partial charge in [-0.25, -0.2) is 0 Å². The monoisotopic (exact) mass is 306 g/mol. The molecule has 0 radical (unpaired) electrons. The van der Waals surface area contributed by atoms with E-state index in [9.17, 15) is 4.79 Å². The van der Waals surface area contributed by atoms with Gasteiger partial charge in [0.1, 0.15) is 0 Å². The topological polar surface area (TPSA) is 46.3 Å². The van der Waals surface area contributed by atoms with Crippen molar-refractivity contribution in [1.29, 1.82) is 0 Å². The van der Waals surface area contributed by atoms with Crippen molar-refractivity contribution >= 4 is 17.2 Å². The molecule has 0 aromatic carbocycles. The van der Waals surface area contributed by atoms with Gasteiger partial charge in [0.05, 0.1) is 5.56 Å². The Balaban J connectivity index is 1.85. The van der Waals surface area contributed by atoms with Crippen LogP contribution in [0, 0.1) is 5.92 Å². The van der Waals surface area contributed by atoms with E-state index in [-0.39, 0.29) is 18.0 Å². The zero-order valence-electron chi connectivity index (χ0n) is 13.1. The van der Waals surface area contributed by atoms with Crippen LogP contribution in [0.4, 0.5) is 0 Å². The third-order valence-corrected chi connectivity index (χ3v) is 6.10. The van der Waals surface area contributed by atoms with Crippen molar-refractivity contribution in [2.75, 3.05) is 6.54 Å². The fraction of sp³-hybridized carbons (Fsp3) is 0.706. The molecule has 1 fully saturated rings. The van der Waals surface area contributed by atoms with Crippen molar-refractivity contribution in [3.63, 3.8) is 0 Å². The lowest BCUT2D eigenvalue weighted by Crippen LogP contribution is -2.51. The van der Waals surface area contributed by atoms with Gasteiger partial charge in [-0.3, -0.25) is 4.79 Å². The van der Waals surface area contributed by atoms with E-state index in [0.29, 0.717) is 0 Å². The number of nitrogens with two attached hydrogens (primary N) is 1. The zero-order chi connectivity index (χ0) is 15.0. The molecule has 3 nitrogen and oxygen atoms in total. The molecular weight excluding hydrogens is 280 g/mol. The lowest BCUT2D eigenvalue weighted by atomic mass is 9.88. The predicted octanol–water partition coefficient (Wildman–Crippen LogP) is 3.21. The molecule has 21 heavy (non-hydrogen) atoms. The Morgan fingerprint density at radius 3 is 3.00 bits per heavy atom. The third kappa shape index (κ3) is 2.88. The lowest BCUT2D eigenvalue weighted by molar-refractivity contribution is 0.0583. The highest BCUT2D eigenvalue weighted by molar-refractivity contribution is 7.10. The van der Waals surface area contributed by atoms with E-state index >= 15 is 0 Å². The van der Waals surface area contributed by atoms with E-state index in [1.54, 1.807) is 11.3 Å². The average molecular weight is 306 g/mol. The fourth-order valence-electron chi connectivity index (χ4n) is 3.77. The molecule has 3 atom stereocenters. The van der Waals surface area contributed by atoms with Crippen LogP contribution in [-0.4, -0.2) is 29.4 Å². The average Bonchev–Trinajstić information content (AvgIpc) is 2.89. The molecular formula is C17H26N2OS. The van der Waals surface area contributed by atoms with Gasteiger partial charge in [0.25, 0.3) is 5.91 Å². The van der Waals surface area contributed by atoms with Gasteiger partial charge < -0.3 is 10.6 Å². The highest BCUT2D eigenvalue weighted by Crippen LogP contribution is 2.34. The van der Waals surface area contributed by atoms with Crippen molar-refractivity contribution in [3.05, 3.63) is 21.4 Å². The minimum atomic E-state index is 0.0590. The van der Waals surface area contributed by atoms with Crippen LogP contribution in [0.3, 0.4) is 0 Å². The van der Waals surface area contributed by atoms with Gasteiger partial charge in [-0.15, -0.1) is 11.3 Å². The van der Waals surface area contributed by atoms with E-state index in [4.69, 9.17) is 5.73 Å². The molecule has 3 unspecified atom stereocenters. The van der Waals surface area contributed by atoms with E-state index in [1.807, 2.05) is 6.92 Å².